The number of nitrogens with one attached hydrogen (secondary N) is 4. The minimum atomic E-state index is -1.38. The lowest BCUT2D eigenvalue weighted by molar-refractivity contribution is -0.136. The van der Waals surface area contributed by atoms with Gasteiger partial charge in [-0.05, 0) is 79.3 Å². The van der Waals surface area contributed by atoms with Gasteiger partial charge in [-0.3, -0.25) is 38.6 Å². The Morgan fingerprint density at radius 1 is 0.745 bits per heavy atom. The lowest BCUT2D eigenvalue weighted by Gasteiger charge is -2.26. The molecule has 0 aliphatic rings. The van der Waals surface area contributed by atoms with Crippen LogP contribution in [0, 0.1) is 5.92 Å². The second-order valence-corrected chi connectivity index (χ2v) is 14.4. The number of carboxylic acids is 1. The van der Waals surface area contributed by atoms with Crippen LogP contribution in [0.5, 0.6) is 5.75 Å². The molecule has 19 heteroatoms. The molecule has 18 nitrogen and oxygen atoms in total. The van der Waals surface area contributed by atoms with Crippen LogP contribution in [-0.4, -0.2) is 93.5 Å². The first-order valence-electron chi connectivity index (χ1n) is 17.5. The molecule has 2 aromatic rings. The topological polar surface area (TPSA) is 325 Å². The number of thioether (sulfide) groups is 1. The Balaban J connectivity index is 2.24. The molecule has 0 bridgehead atoms. The number of rotatable bonds is 22. The van der Waals surface area contributed by atoms with Gasteiger partial charge in [-0.15, -0.1) is 0 Å². The summed E-state index contributed by atoms with van der Waals surface area (Å²) in [5, 5.41) is 28.3. The van der Waals surface area contributed by atoms with Crippen LogP contribution in [0.2, 0.25) is 0 Å². The maximum absolute atomic E-state index is 13.8. The molecule has 55 heavy (non-hydrogen) atoms. The van der Waals surface area contributed by atoms with Crippen molar-refractivity contribution in [3.63, 3.8) is 0 Å². The van der Waals surface area contributed by atoms with Gasteiger partial charge in [0.05, 0.1) is 18.9 Å². The van der Waals surface area contributed by atoms with Crippen LogP contribution >= 0.6 is 11.8 Å². The van der Waals surface area contributed by atoms with Gasteiger partial charge in [0.1, 0.15) is 29.9 Å². The number of phenols is 1. The number of benzene rings is 2. The molecule has 5 atom stereocenters. The lowest BCUT2D eigenvalue weighted by atomic mass is 10.0. The number of aromatic hydroxyl groups is 1. The highest BCUT2D eigenvalue weighted by Crippen LogP contribution is 2.22. The van der Waals surface area contributed by atoms with Crippen molar-refractivity contribution in [1.82, 2.24) is 21.3 Å². The van der Waals surface area contributed by atoms with Gasteiger partial charge in [0.2, 0.25) is 34.7 Å². The number of carboxylic acid groups (broad SMARTS) is 1. The molecule has 0 aromatic heterocycles. The summed E-state index contributed by atoms with van der Waals surface area (Å²) in [4.78, 5) is 93.9. The number of amides is 5. The molecule has 0 radical (unpaired) electrons. The molecular weight excluding hydrogens is 735 g/mol. The number of hydrogen-bond donors (Lipinski definition) is 10. The zero-order chi connectivity index (χ0) is 41.2. The molecule has 0 spiro atoms. The molecule has 0 heterocycles. The Kier molecular flexibility index (Phi) is 18.6. The molecule has 2 rings (SSSR count). The number of hydrogen-bond acceptors (Lipinski definition) is 11. The third kappa shape index (κ3) is 17.3. The van der Waals surface area contributed by atoms with E-state index < -0.39 is 77.3 Å². The van der Waals surface area contributed by atoms with Crippen LogP contribution in [0.1, 0.15) is 57.6 Å². The van der Waals surface area contributed by atoms with E-state index in [0.29, 0.717) is 34.2 Å². The second kappa shape index (κ2) is 22.5. The van der Waals surface area contributed by atoms with Crippen molar-refractivity contribution in [3.8, 4) is 5.75 Å². The van der Waals surface area contributed by atoms with E-state index in [4.69, 9.17) is 28.0 Å². The number of nitrogens with two attached hydrogens (primary N) is 4. The van der Waals surface area contributed by atoms with E-state index in [1.807, 2.05) is 13.8 Å². The number of primary amides is 1. The van der Waals surface area contributed by atoms with Crippen molar-refractivity contribution < 1.29 is 43.8 Å². The number of carbonyl (C=O) groups is 7. The average molecular weight is 786 g/mol. The van der Waals surface area contributed by atoms with E-state index in [1.54, 1.807) is 12.1 Å². The first-order valence-corrected chi connectivity index (χ1v) is 18.3. The van der Waals surface area contributed by atoms with Crippen LogP contribution in [0.25, 0.3) is 0 Å². The monoisotopic (exact) mass is 785 g/mol. The van der Waals surface area contributed by atoms with Gasteiger partial charge in [-0.1, -0.05) is 38.1 Å². The number of phenolic OH excluding ortho intramolecular Hbond substituents is 1. The maximum Gasteiger partial charge on any atom is 0.307 e. The molecule has 0 unspecified atom stereocenters. The van der Waals surface area contributed by atoms with Crippen LogP contribution in [0.15, 0.2) is 58.4 Å². The molecule has 300 valence electrons. The van der Waals surface area contributed by atoms with E-state index in [-0.39, 0.29) is 49.9 Å². The average Bonchev–Trinajstić information content (AvgIpc) is 3.09. The molecule has 14 N–H and O–H groups in total. The minimum Gasteiger partial charge on any atom is -0.508 e. The van der Waals surface area contributed by atoms with E-state index in [2.05, 4.69) is 26.3 Å². The zero-order valence-electron chi connectivity index (χ0n) is 30.9. The summed E-state index contributed by atoms with van der Waals surface area (Å²) in [6, 6.07) is 6.05. The summed E-state index contributed by atoms with van der Waals surface area (Å²) in [5.74, 6) is -4.95. The van der Waals surface area contributed by atoms with Gasteiger partial charge in [0, 0.05) is 17.9 Å². The van der Waals surface area contributed by atoms with Gasteiger partial charge < -0.3 is 54.4 Å². The Labute approximate surface area is 323 Å². The number of guanidine groups is 1. The Morgan fingerprint density at radius 3 is 1.87 bits per heavy atom. The highest BCUT2D eigenvalue weighted by molar-refractivity contribution is 8.13. The van der Waals surface area contributed by atoms with Gasteiger partial charge >= 0.3 is 5.97 Å². The minimum absolute atomic E-state index is 0.000112. The van der Waals surface area contributed by atoms with E-state index in [1.165, 1.54) is 43.3 Å². The second-order valence-electron chi connectivity index (χ2n) is 13.3. The molecule has 0 aliphatic carbocycles. The van der Waals surface area contributed by atoms with E-state index in [9.17, 15) is 38.7 Å². The third-order valence-electron chi connectivity index (χ3n) is 7.91. The summed E-state index contributed by atoms with van der Waals surface area (Å²) in [6.07, 6.45) is -0.217. The van der Waals surface area contributed by atoms with E-state index in [0.717, 1.165) is 0 Å². The quantitative estimate of drug-likeness (QED) is 0.0301. The number of aliphatic imine (C=N–C) groups is 1. The molecule has 0 saturated carbocycles. The van der Waals surface area contributed by atoms with Crippen molar-refractivity contribution in [2.45, 2.75) is 94.4 Å². The Bertz CT molecular complexity index is 1680. The summed E-state index contributed by atoms with van der Waals surface area (Å²) < 4.78 is 0. The predicted molar refractivity (Wildman–Crippen MR) is 205 cm³/mol. The molecule has 5 amide bonds. The molecule has 0 aliphatic heterocycles. The summed E-state index contributed by atoms with van der Waals surface area (Å²) in [5.41, 5.74) is 23.4. The number of aliphatic carboxylic acids is 1. The fourth-order valence-electron chi connectivity index (χ4n) is 5.12. The molecular formula is C36H51N9O9S. The molecule has 0 fully saturated rings. The number of nitrogens with zero attached hydrogens (tertiary/aromatic N) is 1. The highest BCUT2D eigenvalue weighted by Gasteiger charge is 2.31. The Morgan fingerprint density at radius 2 is 1.31 bits per heavy atom. The normalized spacial score (nSPS) is 13.6. The van der Waals surface area contributed by atoms with Crippen molar-refractivity contribution in [3.05, 3.63) is 59.7 Å². The largest absolute Gasteiger partial charge is 0.508 e. The highest BCUT2D eigenvalue weighted by atomic mass is 32.2. The van der Waals surface area contributed by atoms with Crippen LogP contribution < -0.4 is 44.2 Å². The first-order chi connectivity index (χ1) is 25.8. The Hall–Kier alpha value is -5.69. The number of carbonyl (C=O) groups excluding carboxylic acids is 6. The van der Waals surface area contributed by atoms with Crippen molar-refractivity contribution in [1.29, 1.82) is 0 Å². The zero-order valence-corrected chi connectivity index (χ0v) is 31.8. The molecule has 2 aromatic carbocycles. The van der Waals surface area contributed by atoms with Crippen LogP contribution in [-0.2, 0) is 46.4 Å². The third-order valence-corrected chi connectivity index (χ3v) is 8.90. The summed E-state index contributed by atoms with van der Waals surface area (Å²) in [7, 11) is 0. The van der Waals surface area contributed by atoms with Gasteiger partial charge in [0.15, 0.2) is 5.96 Å². The fourth-order valence-corrected chi connectivity index (χ4v) is 5.91. The standard InChI is InChI=1S/C36H51N9O9S/c1-19(2)15-25(37)32(51)44-27(16-21-6-10-23(46)11-7-21)34(53)43-26(5-4-14-41-36(39)40)33(52)42-20(3)31(50)45-28(18-29(38)47)35(54)55-24-12-8-22(9-13-24)17-30(48)49/h6-13,19-20,25-28,46H,4-5,14-18,37H2,1-3H3,(H2,38,47)(H,42,52)(H,43,53)(H,44,51)(H,45,50)(H,48,49)(H4,39,40,41)/t20-,25-,26-,27-,28-/m0/s1. The first kappa shape index (κ1) is 45.5. The summed E-state index contributed by atoms with van der Waals surface area (Å²) in [6.45, 7) is 5.21. The lowest BCUT2D eigenvalue weighted by Crippen LogP contribution is -2.58. The van der Waals surface area contributed by atoms with Crippen LogP contribution in [0.4, 0.5) is 0 Å². The van der Waals surface area contributed by atoms with Crippen molar-refractivity contribution in [2.24, 2.45) is 33.8 Å². The van der Waals surface area contributed by atoms with E-state index >= 15 is 0 Å². The van der Waals surface area contributed by atoms with Crippen molar-refractivity contribution >= 4 is 58.3 Å². The van der Waals surface area contributed by atoms with Gasteiger partial charge in [0.25, 0.3) is 0 Å². The van der Waals surface area contributed by atoms with Crippen molar-refractivity contribution in [2.75, 3.05) is 6.54 Å². The molecule has 0 saturated heterocycles. The summed E-state index contributed by atoms with van der Waals surface area (Å²) >= 11 is 0.704. The van der Waals surface area contributed by atoms with Gasteiger partial charge in [-0.2, -0.15) is 0 Å². The smallest absolute Gasteiger partial charge is 0.307 e. The fraction of sp³-hybridized carbons (Fsp3) is 0.444. The SMILES string of the molecule is CC(C)C[C@H](N)C(=O)N[C@@H](Cc1ccc(O)cc1)C(=O)N[C@@H](CCCN=C(N)N)C(=O)N[C@@H](C)C(=O)N[C@@H](CC(N)=O)C(=O)Sc1ccc(CC(=O)O)cc1. The van der Waals surface area contributed by atoms with Gasteiger partial charge in [-0.25, -0.2) is 0 Å². The maximum atomic E-state index is 13.8. The predicted octanol–water partition coefficient (Wildman–Crippen LogP) is -0.858. The van der Waals surface area contributed by atoms with Crippen LogP contribution in [0.3, 0.4) is 0 Å².